The van der Waals surface area contributed by atoms with Gasteiger partial charge in [0.2, 0.25) is 0 Å². The van der Waals surface area contributed by atoms with Gasteiger partial charge < -0.3 is 14.4 Å². The summed E-state index contributed by atoms with van der Waals surface area (Å²) in [6.45, 7) is 1.17. The Labute approximate surface area is 135 Å². The molecule has 2 aromatic rings. The molecule has 0 fully saturated rings. The number of carbonyl (C=O) groups is 1. The van der Waals surface area contributed by atoms with E-state index in [1.54, 1.807) is 18.1 Å². The van der Waals surface area contributed by atoms with Crippen LogP contribution in [0.4, 0.5) is 4.39 Å². The van der Waals surface area contributed by atoms with Crippen molar-refractivity contribution in [1.82, 2.24) is 4.90 Å². The number of benzene rings is 2. The van der Waals surface area contributed by atoms with Gasteiger partial charge in [-0.15, -0.1) is 0 Å². The molecule has 23 heavy (non-hydrogen) atoms. The Hall–Kier alpha value is -2.40. The molecule has 0 unspecified atom stereocenters. The third kappa shape index (κ3) is 4.53. The first kappa shape index (κ1) is 17.0. The standard InChI is InChI=1S/C18H20FNO3/c1-22-11-10-20(13-14-6-4-3-5-7-14)18(21)16-9-8-15(23-2)12-17(16)19/h3-9,12H,10-11,13H2,1-2H3. The van der Waals surface area contributed by atoms with Gasteiger partial charge in [-0.3, -0.25) is 4.79 Å². The van der Waals surface area contributed by atoms with E-state index in [0.29, 0.717) is 25.4 Å². The minimum absolute atomic E-state index is 0.0258. The molecule has 2 aromatic carbocycles. The molecule has 0 aliphatic heterocycles. The first-order valence-corrected chi connectivity index (χ1v) is 7.31. The smallest absolute Gasteiger partial charge is 0.257 e. The minimum Gasteiger partial charge on any atom is -0.497 e. The van der Waals surface area contributed by atoms with Crippen LogP contribution in [0.5, 0.6) is 5.75 Å². The van der Waals surface area contributed by atoms with Crippen molar-refractivity contribution in [3.63, 3.8) is 0 Å². The molecule has 0 N–H and O–H groups in total. The number of hydrogen-bond acceptors (Lipinski definition) is 3. The van der Waals surface area contributed by atoms with Crippen LogP contribution in [0.1, 0.15) is 15.9 Å². The highest BCUT2D eigenvalue weighted by Gasteiger charge is 2.20. The van der Waals surface area contributed by atoms with Crippen molar-refractivity contribution in [2.75, 3.05) is 27.4 Å². The molecular weight excluding hydrogens is 297 g/mol. The molecule has 1 amide bonds. The van der Waals surface area contributed by atoms with E-state index in [1.807, 2.05) is 30.3 Å². The van der Waals surface area contributed by atoms with Gasteiger partial charge in [-0.1, -0.05) is 30.3 Å². The monoisotopic (exact) mass is 317 g/mol. The Kier molecular flexibility index (Phi) is 6.11. The first-order chi connectivity index (χ1) is 11.2. The quantitative estimate of drug-likeness (QED) is 0.787. The van der Waals surface area contributed by atoms with Crippen molar-refractivity contribution in [2.45, 2.75) is 6.54 Å². The van der Waals surface area contributed by atoms with Gasteiger partial charge in [-0.2, -0.15) is 0 Å². The highest BCUT2D eigenvalue weighted by molar-refractivity contribution is 5.94. The van der Waals surface area contributed by atoms with Crippen LogP contribution in [0, 0.1) is 5.82 Å². The lowest BCUT2D eigenvalue weighted by molar-refractivity contribution is 0.0675. The van der Waals surface area contributed by atoms with E-state index in [4.69, 9.17) is 9.47 Å². The van der Waals surface area contributed by atoms with Gasteiger partial charge >= 0.3 is 0 Å². The molecule has 0 spiro atoms. The zero-order valence-corrected chi connectivity index (χ0v) is 13.3. The number of nitrogens with zero attached hydrogens (tertiary/aromatic N) is 1. The lowest BCUT2D eigenvalue weighted by Gasteiger charge is -2.23. The van der Waals surface area contributed by atoms with Gasteiger partial charge in [-0.25, -0.2) is 4.39 Å². The largest absolute Gasteiger partial charge is 0.497 e. The fourth-order valence-corrected chi connectivity index (χ4v) is 2.22. The lowest BCUT2D eigenvalue weighted by atomic mass is 10.1. The van der Waals surface area contributed by atoms with Crippen molar-refractivity contribution in [3.8, 4) is 5.75 Å². The molecule has 0 aliphatic rings. The fraction of sp³-hybridized carbons (Fsp3) is 0.278. The summed E-state index contributed by atoms with van der Waals surface area (Å²) in [6, 6.07) is 13.8. The highest BCUT2D eigenvalue weighted by atomic mass is 19.1. The Bertz CT molecular complexity index is 646. The van der Waals surface area contributed by atoms with Crippen molar-refractivity contribution in [2.24, 2.45) is 0 Å². The van der Waals surface area contributed by atoms with Crippen molar-refractivity contribution in [1.29, 1.82) is 0 Å². The molecule has 5 heteroatoms. The second kappa shape index (κ2) is 8.29. The highest BCUT2D eigenvalue weighted by Crippen LogP contribution is 2.18. The predicted molar refractivity (Wildman–Crippen MR) is 86.0 cm³/mol. The maximum absolute atomic E-state index is 14.2. The molecule has 0 aromatic heterocycles. The third-order valence-electron chi connectivity index (χ3n) is 3.48. The van der Waals surface area contributed by atoms with E-state index < -0.39 is 5.82 Å². The summed E-state index contributed by atoms with van der Waals surface area (Å²) in [4.78, 5) is 14.2. The third-order valence-corrected chi connectivity index (χ3v) is 3.48. The molecule has 0 saturated carbocycles. The molecule has 0 aliphatic carbocycles. The summed E-state index contributed by atoms with van der Waals surface area (Å²) in [6.07, 6.45) is 0. The van der Waals surface area contributed by atoms with E-state index in [2.05, 4.69) is 0 Å². The second-order valence-corrected chi connectivity index (χ2v) is 5.05. The summed E-state index contributed by atoms with van der Waals surface area (Å²) in [5, 5.41) is 0. The SMILES string of the molecule is COCCN(Cc1ccccc1)C(=O)c1ccc(OC)cc1F. The molecule has 2 rings (SSSR count). The van der Waals surface area contributed by atoms with Crippen LogP contribution < -0.4 is 4.74 Å². The summed E-state index contributed by atoms with van der Waals surface area (Å²) < 4.78 is 24.2. The number of amides is 1. The van der Waals surface area contributed by atoms with E-state index in [0.717, 1.165) is 5.56 Å². The van der Waals surface area contributed by atoms with Gasteiger partial charge in [-0.05, 0) is 17.7 Å². The average molecular weight is 317 g/mol. The molecule has 0 heterocycles. The van der Waals surface area contributed by atoms with Crippen LogP contribution in [-0.4, -0.2) is 38.2 Å². The summed E-state index contributed by atoms with van der Waals surface area (Å²) in [7, 11) is 3.02. The topological polar surface area (TPSA) is 38.8 Å². The van der Waals surface area contributed by atoms with Crippen LogP contribution in [0.15, 0.2) is 48.5 Å². The van der Waals surface area contributed by atoms with E-state index in [9.17, 15) is 9.18 Å². The zero-order chi connectivity index (χ0) is 16.7. The summed E-state index contributed by atoms with van der Waals surface area (Å²) >= 11 is 0. The van der Waals surface area contributed by atoms with Gasteiger partial charge in [0.05, 0.1) is 19.3 Å². The second-order valence-electron chi connectivity index (χ2n) is 5.05. The Morgan fingerprint density at radius 3 is 2.48 bits per heavy atom. The Balaban J connectivity index is 2.22. The summed E-state index contributed by atoms with van der Waals surface area (Å²) in [5.41, 5.74) is 1.00. The molecule has 4 nitrogen and oxygen atoms in total. The molecule has 122 valence electrons. The minimum atomic E-state index is -0.593. The van der Waals surface area contributed by atoms with Crippen LogP contribution >= 0.6 is 0 Å². The molecule has 0 saturated heterocycles. The predicted octanol–water partition coefficient (Wildman–Crippen LogP) is 3.12. The van der Waals surface area contributed by atoms with Gasteiger partial charge in [0, 0.05) is 26.3 Å². The van der Waals surface area contributed by atoms with Crippen LogP contribution in [0.3, 0.4) is 0 Å². The zero-order valence-electron chi connectivity index (χ0n) is 13.3. The number of hydrogen-bond donors (Lipinski definition) is 0. The Morgan fingerprint density at radius 1 is 1.13 bits per heavy atom. The molecule has 0 atom stereocenters. The van der Waals surface area contributed by atoms with E-state index in [1.165, 1.54) is 19.2 Å². The average Bonchev–Trinajstić information content (AvgIpc) is 2.58. The van der Waals surface area contributed by atoms with Crippen molar-refractivity contribution in [3.05, 3.63) is 65.5 Å². The number of methoxy groups -OCH3 is 2. The lowest BCUT2D eigenvalue weighted by Crippen LogP contribution is -2.34. The molecular formula is C18H20FNO3. The molecule has 0 bridgehead atoms. The van der Waals surface area contributed by atoms with Crippen LogP contribution in [0.2, 0.25) is 0 Å². The normalized spacial score (nSPS) is 10.4. The van der Waals surface area contributed by atoms with Crippen molar-refractivity contribution >= 4 is 5.91 Å². The maximum atomic E-state index is 14.2. The van der Waals surface area contributed by atoms with Gasteiger partial charge in [0.1, 0.15) is 11.6 Å². The van der Waals surface area contributed by atoms with E-state index >= 15 is 0 Å². The maximum Gasteiger partial charge on any atom is 0.257 e. The number of ether oxygens (including phenoxy) is 2. The number of rotatable bonds is 7. The summed E-state index contributed by atoms with van der Waals surface area (Å²) in [5.74, 6) is -0.582. The fourth-order valence-electron chi connectivity index (χ4n) is 2.22. The van der Waals surface area contributed by atoms with Crippen LogP contribution in [0.25, 0.3) is 0 Å². The van der Waals surface area contributed by atoms with Gasteiger partial charge in [0.25, 0.3) is 5.91 Å². The van der Waals surface area contributed by atoms with Crippen LogP contribution in [-0.2, 0) is 11.3 Å². The van der Waals surface area contributed by atoms with Gasteiger partial charge in [0.15, 0.2) is 0 Å². The van der Waals surface area contributed by atoms with E-state index in [-0.39, 0.29) is 11.5 Å². The molecule has 0 radical (unpaired) electrons. The Morgan fingerprint density at radius 2 is 1.87 bits per heavy atom. The van der Waals surface area contributed by atoms with Crippen molar-refractivity contribution < 1.29 is 18.7 Å². The first-order valence-electron chi connectivity index (χ1n) is 7.31. The number of carbonyl (C=O) groups excluding carboxylic acids is 1. The number of halogens is 1.